The molecule has 0 unspecified atom stereocenters. The molecule has 2 aromatic carbocycles. The van der Waals surface area contributed by atoms with E-state index in [-0.39, 0.29) is 0 Å². The van der Waals surface area contributed by atoms with E-state index in [9.17, 15) is 31.1 Å². The highest BCUT2D eigenvalue weighted by molar-refractivity contribution is 7.96. The summed E-state index contributed by atoms with van der Waals surface area (Å²) >= 11 is -1.48. The zero-order valence-electron chi connectivity index (χ0n) is 15.8. The van der Waals surface area contributed by atoms with Crippen LogP contribution in [0.3, 0.4) is 0 Å². The maximum absolute atomic E-state index is 13.2. The van der Waals surface area contributed by atoms with Gasteiger partial charge in [0, 0.05) is 0 Å². The van der Waals surface area contributed by atoms with Crippen molar-refractivity contribution in [3.63, 3.8) is 0 Å². The van der Waals surface area contributed by atoms with Gasteiger partial charge in [-0.3, -0.25) is 0 Å². The average molecular weight is 484 g/mol. The maximum Gasteiger partial charge on any atom is 0.425 e. The van der Waals surface area contributed by atoms with Crippen molar-refractivity contribution in [2.24, 2.45) is 0 Å². The molecule has 3 rings (SSSR count). The zero-order chi connectivity index (χ0) is 23.6. The number of hydrogen-bond donors (Lipinski definition) is 1. The molecule has 0 atom stereocenters. The number of carbonyl (C=O) groups is 1. The summed E-state index contributed by atoms with van der Waals surface area (Å²) in [6.45, 7) is -1.40. The van der Waals surface area contributed by atoms with Crippen LogP contribution in [-0.4, -0.2) is 41.5 Å². The molecule has 0 saturated heterocycles. The predicted molar refractivity (Wildman–Crippen MR) is 97.9 cm³/mol. The summed E-state index contributed by atoms with van der Waals surface area (Å²) in [5.74, 6) is -2.70. The first kappa shape index (κ1) is 24.3. The minimum absolute atomic E-state index is 0.493. The van der Waals surface area contributed by atoms with Crippen LogP contribution >= 0.6 is 12.0 Å². The van der Waals surface area contributed by atoms with Gasteiger partial charge in [-0.1, -0.05) is 53.6 Å². The summed E-state index contributed by atoms with van der Waals surface area (Å²) in [6, 6.07) is 14.4. The van der Waals surface area contributed by atoms with Crippen molar-refractivity contribution in [1.29, 1.82) is 0 Å². The normalized spacial score (nSPS) is 14.2. The number of fused-ring (bicyclic) bond motifs is 3. The Bertz CT molecular complexity index is 904. The molecule has 0 saturated carbocycles. The first-order chi connectivity index (χ1) is 15.0. The molecular weight excluding hydrogens is 470 g/mol. The smallest absolute Gasteiger partial charge is 0.425 e. The Morgan fingerprint density at radius 2 is 1.38 bits per heavy atom. The Labute approximate surface area is 181 Å². The molecule has 32 heavy (non-hydrogen) atoms. The topological polar surface area (TPSA) is 74.2 Å². The van der Waals surface area contributed by atoms with Crippen molar-refractivity contribution in [3.8, 4) is 11.1 Å². The average Bonchev–Trinajstić information content (AvgIpc) is 3.04. The van der Waals surface area contributed by atoms with Crippen LogP contribution in [0.25, 0.3) is 11.1 Å². The van der Waals surface area contributed by atoms with Gasteiger partial charge in [-0.25, -0.2) is 10.1 Å². The van der Waals surface area contributed by atoms with E-state index in [1.54, 1.807) is 24.3 Å². The van der Waals surface area contributed by atoms with E-state index >= 15 is 0 Å². The molecule has 174 valence electrons. The lowest BCUT2D eigenvalue weighted by atomic mass is 10.1. The second-order valence-electron chi connectivity index (χ2n) is 6.46. The van der Waals surface area contributed by atoms with Gasteiger partial charge in [0.1, 0.15) is 12.7 Å². The molecule has 1 N–H and O–H groups in total. The lowest BCUT2D eigenvalue weighted by Gasteiger charge is -2.32. The first-order valence-corrected chi connectivity index (χ1v) is 9.55. The van der Waals surface area contributed by atoms with Crippen LogP contribution in [0.2, 0.25) is 0 Å². The van der Waals surface area contributed by atoms with Gasteiger partial charge in [0.25, 0.3) is 0 Å². The highest BCUT2D eigenvalue weighted by atomic mass is 32.2. The summed E-state index contributed by atoms with van der Waals surface area (Å²) < 4.78 is 87.5. The van der Waals surface area contributed by atoms with Crippen molar-refractivity contribution < 1.29 is 55.2 Å². The SMILES string of the molecule is O=C(OCCOC1c2ccccc2-c2ccccc21)C(SOOO)(C(F)(F)F)C(F)(F)F. The molecule has 0 bridgehead atoms. The Kier molecular flexibility index (Phi) is 7.05. The molecule has 0 aliphatic heterocycles. The van der Waals surface area contributed by atoms with Gasteiger partial charge in [0.2, 0.25) is 0 Å². The van der Waals surface area contributed by atoms with Gasteiger partial charge < -0.3 is 9.47 Å². The monoisotopic (exact) mass is 484 g/mol. The van der Waals surface area contributed by atoms with Crippen molar-refractivity contribution in [3.05, 3.63) is 59.7 Å². The highest BCUT2D eigenvalue weighted by Crippen LogP contribution is 2.53. The molecule has 0 spiro atoms. The molecule has 0 aromatic heterocycles. The summed E-state index contributed by atoms with van der Waals surface area (Å²) in [5.41, 5.74) is 3.25. The van der Waals surface area contributed by atoms with E-state index in [4.69, 9.17) is 9.99 Å². The number of alkyl halides is 6. The second kappa shape index (κ2) is 9.27. The standard InChI is InChI=1S/C19H14F6O6S/c20-18(21,22)17(19(23,24)25,32-31-30-27)16(26)29-10-9-28-15-13-7-3-1-5-11(13)12-6-2-4-8-14(12)15/h1-8,15,27H,9-10H2. The molecule has 0 heterocycles. The van der Waals surface area contributed by atoms with Crippen LogP contribution in [-0.2, 0) is 23.6 Å². The van der Waals surface area contributed by atoms with Gasteiger partial charge >= 0.3 is 23.1 Å². The van der Waals surface area contributed by atoms with Crippen LogP contribution in [0.1, 0.15) is 17.2 Å². The van der Waals surface area contributed by atoms with Gasteiger partial charge in [0.05, 0.1) is 18.6 Å². The quantitative estimate of drug-likeness (QED) is 0.137. The number of rotatable bonds is 8. The Hall–Kier alpha value is -2.32. The third-order valence-corrected chi connectivity index (χ3v) is 5.66. The summed E-state index contributed by atoms with van der Waals surface area (Å²) in [4.78, 5) is 11.9. The lowest BCUT2D eigenvalue weighted by Crippen LogP contribution is -2.60. The van der Waals surface area contributed by atoms with E-state index in [1.807, 2.05) is 24.3 Å². The number of hydrogen-bond acceptors (Lipinski definition) is 7. The third-order valence-electron chi connectivity index (χ3n) is 4.65. The van der Waals surface area contributed by atoms with Crippen LogP contribution in [0.5, 0.6) is 0 Å². The molecule has 0 amide bonds. The molecule has 0 fully saturated rings. The molecule has 1 aliphatic carbocycles. The summed E-state index contributed by atoms with van der Waals surface area (Å²) in [6.07, 6.45) is -13.0. The maximum atomic E-state index is 13.2. The Morgan fingerprint density at radius 3 is 1.84 bits per heavy atom. The predicted octanol–water partition coefficient (Wildman–Crippen LogP) is 5.25. The Balaban J connectivity index is 1.71. The molecule has 0 radical (unpaired) electrons. The number of benzene rings is 2. The highest BCUT2D eigenvalue weighted by Gasteiger charge is 2.79. The van der Waals surface area contributed by atoms with Crippen LogP contribution in [0.15, 0.2) is 48.5 Å². The fourth-order valence-electron chi connectivity index (χ4n) is 3.28. The van der Waals surface area contributed by atoms with E-state index in [0.717, 1.165) is 22.3 Å². The van der Waals surface area contributed by atoms with Crippen molar-refractivity contribution >= 4 is 18.0 Å². The van der Waals surface area contributed by atoms with Gasteiger partial charge in [-0.2, -0.15) is 26.3 Å². The van der Waals surface area contributed by atoms with E-state index in [1.165, 1.54) is 0 Å². The number of ether oxygens (including phenoxy) is 2. The van der Waals surface area contributed by atoms with Crippen molar-refractivity contribution in [2.75, 3.05) is 13.2 Å². The van der Waals surface area contributed by atoms with E-state index in [2.05, 4.69) is 14.1 Å². The van der Waals surface area contributed by atoms with Gasteiger partial charge in [-0.05, 0) is 22.3 Å². The Morgan fingerprint density at radius 1 is 0.875 bits per heavy atom. The van der Waals surface area contributed by atoms with Crippen LogP contribution < -0.4 is 0 Å². The summed E-state index contributed by atoms with van der Waals surface area (Å²) in [7, 11) is 0. The van der Waals surface area contributed by atoms with Crippen molar-refractivity contribution in [1.82, 2.24) is 0 Å². The largest absolute Gasteiger partial charge is 0.462 e. The second-order valence-corrected chi connectivity index (χ2v) is 7.38. The van der Waals surface area contributed by atoms with Crippen LogP contribution in [0, 0.1) is 0 Å². The first-order valence-electron chi connectivity index (χ1n) is 8.81. The zero-order valence-corrected chi connectivity index (χ0v) is 16.6. The number of carbonyl (C=O) groups excluding carboxylic acids is 1. The van der Waals surface area contributed by atoms with Crippen molar-refractivity contribution in [2.45, 2.75) is 23.2 Å². The molecular formula is C19H14F6O6S. The fraction of sp³-hybridized carbons (Fsp3) is 0.316. The summed E-state index contributed by atoms with van der Waals surface area (Å²) in [5, 5.41) is 10.8. The number of halogens is 6. The molecule has 1 aliphatic rings. The fourth-order valence-corrected chi connectivity index (χ4v) is 3.73. The van der Waals surface area contributed by atoms with E-state index < -0.39 is 54.4 Å². The molecule has 13 heteroatoms. The van der Waals surface area contributed by atoms with Gasteiger partial charge in [-0.15, -0.1) is 4.33 Å². The minimum atomic E-state index is -6.18. The molecule has 6 nitrogen and oxygen atoms in total. The molecule has 2 aromatic rings. The third kappa shape index (κ3) is 4.30. The van der Waals surface area contributed by atoms with Crippen LogP contribution in [0.4, 0.5) is 26.3 Å². The van der Waals surface area contributed by atoms with Gasteiger partial charge in [0.15, 0.2) is 0 Å². The minimum Gasteiger partial charge on any atom is -0.462 e. The number of esters is 1. The lowest BCUT2D eigenvalue weighted by molar-refractivity contribution is -0.434. The van der Waals surface area contributed by atoms with E-state index in [0.29, 0.717) is 0 Å².